The Labute approximate surface area is 126 Å². The SMILES string of the molecule is Cc1ccc(C=CC(=O)N2CCSCC2CC(=O)O)s1. The van der Waals surface area contributed by atoms with Gasteiger partial charge < -0.3 is 10.0 Å². The lowest BCUT2D eigenvalue weighted by molar-refractivity contribution is -0.139. The summed E-state index contributed by atoms with van der Waals surface area (Å²) in [6.07, 6.45) is 3.38. The Hall–Kier alpha value is -1.27. The first-order valence-corrected chi connectivity index (χ1v) is 8.38. The Kier molecular flexibility index (Phi) is 5.25. The van der Waals surface area contributed by atoms with E-state index in [-0.39, 0.29) is 18.4 Å². The monoisotopic (exact) mass is 311 g/mol. The minimum absolute atomic E-state index is 0.0185. The highest BCUT2D eigenvalue weighted by molar-refractivity contribution is 7.99. The summed E-state index contributed by atoms with van der Waals surface area (Å²) < 4.78 is 0. The van der Waals surface area contributed by atoms with Crippen LogP contribution in [0.5, 0.6) is 0 Å². The van der Waals surface area contributed by atoms with Crippen molar-refractivity contribution in [2.75, 3.05) is 18.1 Å². The van der Waals surface area contributed by atoms with Gasteiger partial charge in [0.2, 0.25) is 5.91 Å². The molecule has 0 radical (unpaired) electrons. The molecule has 1 N–H and O–H groups in total. The molecule has 0 bridgehead atoms. The van der Waals surface area contributed by atoms with Crippen LogP contribution in [0.4, 0.5) is 0 Å². The molecule has 0 saturated carbocycles. The van der Waals surface area contributed by atoms with Gasteiger partial charge in [-0.3, -0.25) is 9.59 Å². The van der Waals surface area contributed by atoms with E-state index in [4.69, 9.17) is 5.11 Å². The van der Waals surface area contributed by atoms with E-state index in [9.17, 15) is 9.59 Å². The van der Waals surface area contributed by atoms with E-state index in [0.717, 1.165) is 10.6 Å². The second-order valence-electron chi connectivity index (χ2n) is 4.64. The van der Waals surface area contributed by atoms with Crippen LogP contribution in [0.15, 0.2) is 18.2 Å². The number of hydrogen-bond acceptors (Lipinski definition) is 4. The van der Waals surface area contributed by atoms with E-state index in [0.29, 0.717) is 12.3 Å². The number of nitrogens with zero attached hydrogens (tertiary/aromatic N) is 1. The molecular formula is C14H17NO3S2. The molecule has 1 aromatic rings. The molecule has 4 nitrogen and oxygen atoms in total. The molecule has 0 spiro atoms. The number of aliphatic carboxylic acids is 1. The van der Waals surface area contributed by atoms with Crippen molar-refractivity contribution in [1.82, 2.24) is 4.90 Å². The van der Waals surface area contributed by atoms with Crippen LogP contribution in [-0.2, 0) is 9.59 Å². The van der Waals surface area contributed by atoms with E-state index in [2.05, 4.69) is 0 Å². The van der Waals surface area contributed by atoms with Gasteiger partial charge in [0.1, 0.15) is 0 Å². The van der Waals surface area contributed by atoms with Crippen molar-refractivity contribution in [1.29, 1.82) is 0 Å². The standard InChI is InChI=1S/C14H17NO3S2/c1-10-2-3-12(20-10)4-5-13(16)15-6-7-19-9-11(15)8-14(17)18/h2-5,11H,6-9H2,1H3,(H,17,18). The number of carboxylic acid groups (broad SMARTS) is 1. The average molecular weight is 311 g/mol. The van der Waals surface area contributed by atoms with Gasteiger partial charge in [-0.15, -0.1) is 11.3 Å². The Morgan fingerprint density at radius 1 is 1.50 bits per heavy atom. The molecule has 1 amide bonds. The Morgan fingerprint density at radius 2 is 2.30 bits per heavy atom. The highest BCUT2D eigenvalue weighted by Crippen LogP contribution is 2.20. The zero-order valence-corrected chi connectivity index (χ0v) is 12.9. The normalized spacial score (nSPS) is 19.4. The van der Waals surface area contributed by atoms with Crippen molar-refractivity contribution in [3.05, 3.63) is 28.0 Å². The summed E-state index contributed by atoms with van der Waals surface area (Å²) >= 11 is 3.34. The smallest absolute Gasteiger partial charge is 0.305 e. The number of carbonyl (C=O) groups excluding carboxylic acids is 1. The molecule has 1 aliphatic rings. The van der Waals surface area contributed by atoms with Crippen molar-refractivity contribution < 1.29 is 14.7 Å². The number of carboxylic acids is 1. The summed E-state index contributed by atoms with van der Waals surface area (Å²) in [5.41, 5.74) is 0. The number of thiophene rings is 1. The van der Waals surface area contributed by atoms with Gasteiger partial charge >= 0.3 is 5.97 Å². The fourth-order valence-electron chi connectivity index (χ4n) is 2.11. The summed E-state index contributed by atoms with van der Waals surface area (Å²) in [5.74, 6) is 0.619. The molecule has 2 rings (SSSR count). The third-order valence-electron chi connectivity index (χ3n) is 3.07. The van der Waals surface area contributed by atoms with Crippen molar-refractivity contribution >= 4 is 41.1 Å². The lowest BCUT2D eigenvalue weighted by Gasteiger charge is -2.33. The lowest BCUT2D eigenvalue weighted by atomic mass is 10.2. The van der Waals surface area contributed by atoms with Crippen LogP contribution in [0.2, 0.25) is 0 Å². The topological polar surface area (TPSA) is 57.6 Å². The van der Waals surface area contributed by atoms with Crippen LogP contribution in [0.3, 0.4) is 0 Å². The highest BCUT2D eigenvalue weighted by atomic mass is 32.2. The highest BCUT2D eigenvalue weighted by Gasteiger charge is 2.27. The number of hydrogen-bond donors (Lipinski definition) is 1. The molecule has 0 aromatic carbocycles. The van der Waals surface area contributed by atoms with Gasteiger partial charge in [0.05, 0.1) is 12.5 Å². The quantitative estimate of drug-likeness (QED) is 0.868. The maximum atomic E-state index is 12.2. The zero-order chi connectivity index (χ0) is 14.5. The fraction of sp³-hybridized carbons (Fsp3) is 0.429. The summed E-state index contributed by atoms with van der Waals surface area (Å²) in [4.78, 5) is 27.0. The molecule has 1 aromatic heterocycles. The minimum Gasteiger partial charge on any atom is -0.481 e. The first kappa shape index (κ1) is 15.1. The summed E-state index contributed by atoms with van der Waals surface area (Å²) in [6.45, 7) is 2.64. The number of amides is 1. The first-order valence-electron chi connectivity index (χ1n) is 6.41. The van der Waals surface area contributed by atoms with Gasteiger partial charge in [-0.1, -0.05) is 0 Å². The fourth-order valence-corrected chi connectivity index (χ4v) is 3.95. The molecule has 1 saturated heterocycles. The average Bonchev–Trinajstić information content (AvgIpc) is 2.82. The van der Waals surface area contributed by atoms with E-state index in [1.165, 1.54) is 4.88 Å². The third kappa shape index (κ3) is 4.11. The largest absolute Gasteiger partial charge is 0.481 e. The molecule has 108 valence electrons. The molecule has 6 heteroatoms. The van der Waals surface area contributed by atoms with Crippen molar-refractivity contribution in [2.45, 2.75) is 19.4 Å². The van der Waals surface area contributed by atoms with Crippen LogP contribution >= 0.6 is 23.1 Å². The maximum Gasteiger partial charge on any atom is 0.305 e. The van der Waals surface area contributed by atoms with Gasteiger partial charge in [-0.2, -0.15) is 11.8 Å². The molecule has 0 aliphatic carbocycles. The van der Waals surface area contributed by atoms with Gasteiger partial charge in [-0.05, 0) is 25.1 Å². The number of aryl methyl sites for hydroxylation is 1. The molecule has 20 heavy (non-hydrogen) atoms. The Morgan fingerprint density at radius 3 is 2.95 bits per heavy atom. The van der Waals surface area contributed by atoms with Crippen molar-refractivity contribution in [3.8, 4) is 0 Å². The molecule has 1 atom stereocenters. The minimum atomic E-state index is -0.854. The zero-order valence-electron chi connectivity index (χ0n) is 11.2. The van der Waals surface area contributed by atoms with E-state index < -0.39 is 5.97 Å². The van der Waals surface area contributed by atoms with E-state index >= 15 is 0 Å². The van der Waals surface area contributed by atoms with Crippen LogP contribution < -0.4 is 0 Å². The van der Waals surface area contributed by atoms with Crippen LogP contribution in [0.1, 0.15) is 16.2 Å². The van der Waals surface area contributed by atoms with E-state index in [1.807, 2.05) is 19.1 Å². The predicted molar refractivity (Wildman–Crippen MR) is 83.2 cm³/mol. The van der Waals surface area contributed by atoms with Crippen LogP contribution in [-0.4, -0.2) is 46.0 Å². The number of carbonyl (C=O) groups is 2. The van der Waals surface area contributed by atoms with Crippen molar-refractivity contribution in [3.63, 3.8) is 0 Å². The molecule has 1 aliphatic heterocycles. The van der Waals surface area contributed by atoms with Crippen LogP contribution in [0, 0.1) is 6.92 Å². The van der Waals surface area contributed by atoms with Gasteiger partial charge in [-0.25, -0.2) is 0 Å². The lowest BCUT2D eigenvalue weighted by Crippen LogP contribution is -2.46. The van der Waals surface area contributed by atoms with Crippen LogP contribution in [0.25, 0.3) is 6.08 Å². The second kappa shape index (κ2) is 6.95. The predicted octanol–water partition coefficient (Wildman–Crippen LogP) is 2.49. The molecule has 2 heterocycles. The van der Waals surface area contributed by atoms with Crippen molar-refractivity contribution in [2.24, 2.45) is 0 Å². The Bertz CT molecular complexity index is 524. The summed E-state index contributed by atoms with van der Waals surface area (Å²) in [5, 5.41) is 8.91. The third-order valence-corrected chi connectivity index (χ3v) is 5.13. The van der Waals surface area contributed by atoms with Gasteiger partial charge in [0.25, 0.3) is 0 Å². The second-order valence-corrected chi connectivity index (χ2v) is 7.11. The molecule has 1 fully saturated rings. The van der Waals surface area contributed by atoms with E-state index in [1.54, 1.807) is 40.2 Å². The number of thioether (sulfide) groups is 1. The first-order chi connectivity index (χ1) is 9.56. The number of rotatable bonds is 4. The van der Waals surface area contributed by atoms with Gasteiger partial charge in [0.15, 0.2) is 0 Å². The summed E-state index contributed by atoms with van der Waals surface area (Å²) in [7, 11) is 0. The molecular weight excluding hydrogens is 294 g/mol. The molecule has 1 unspecified atom stereocenters. The van der Waals surface area contributed by atoms with Gasteiger partial charge in [0, 0.05) is 33.9 Å². The maximum absolute atomic E-state index is 12.2. The summed E-state index contributed by atoms with van der Waals surface area (Å²) in [6, 6.07) is 3.79. The Balaban J connectivity index is 2.02.